The van der Waals surface area contributed by atoms with E-state index in [0.717, 1.165) is 5.56 Å². The number of diazo groups is 1. The number of aryl methyl sites for hydroxylation is 1. The molecule has 0 fully saturated rings. The zero-order chi connectivity index (χ0) is 16.8. The van der Waals surface area contributed by atoms with Crippen LogP contribution in [0.5, 0.6) is 0 Å². The Balaban J connectivity index is 0.000000220. The summed E-state index contributed by atoms with van der Waals surface area (Å²) in [4.78, 5) is 12.2. The van der Waals surface area contributed by atoms with Crippen molar-refractivity contribution in [1.29, 1.82) is 5.39 Å². The summed E-state index contributed by atoms with van der Waals surface area (Å²) in [7, 11) is -4.27. The highest BCUT2D eigenvalue weighted by Crippen LogP contribution is 2.25. The zero-order valence-electron chi connectivity index (χ0n) is 11.4. The molecule has 0 saturated carbocycles. The van der Waals surface area contributed by atoms with E-state index in [1.807, 2.05) is 6.92 Å². The summed E-state index contributed by atoms with van der Waals surface area (Å²) in [6, 6.07) is 11.5. The van der Waals surface area contributed by atoms with Gasteiger partial charge < -0.3 is 4.55 Å². The van der Waals surface area contributed by atoms with Gasteiger partial charge in [-0.15, -0.1) is 0 Å². The number of rotatable bonds is 2. The third-order valence-electron chi connectivity index (χ3n) is 2.50. The molecule has 0 heterocycles. The maximum atomic E-state index is 10.4. The van der Waals surface area contributed by atoms with Crippen molar-refractivity contribution >= 4 is 21.5 Å². The Labute approximate surface area is 126 Å². The Bertz CT molecular complexity index is 810. The molecule has 9 heteroatoms. The first-order valence-corrected chi connectivity index (χ1v) is 7.27. The fraction of sp³-hybridized carbons (Fsp3) is 0.0769. The lowest BCUT2D eigenvalue weighted by Crippen LogP contribution is -1.97. The topological polar surface area (TPSA) is 128 Å². The molecule has 0 unspecified atom stereocenters. The van der Waals surface area contributed by atoms with Gasteiger partial charge in [0.2, 0.25) is 5.39 Å². The van der Waals surface area contributed by atoms with E-state index in [-0.39, 0.29) is 16.3 Å². The van der Waals surface area contributed by atoms with Crippen LogP contribution < -0.4 is 0 Å². The molecule has 0 amide bonds. The van der Waals surface area contributed by atoms with Crippen LogP contribution in [-0.4, -0.2) is 17.9 Å². The average molecular weight is 321 g/mol. The lowest BCUT2D eigenvalue weighted by Gasteiger charge is -2.05. The highest BCUT2D eigenvalue weighted by molar-refractivity contribution is 7.85. The summed E-state index contributed by atoms with van der Waals surface area (Å²) in [5.41, 5.74) is 0.699. The normalized spacial score (nSPS) is 10.0. The van der Waals surface area contributed by atoms with E-state index in [9.17, 15) is 23.1 Å². The van der Waals surface area contributed by atoms with Crippen molar-refractivity contribution in [2.24, 2.45) is 0 Å². The largest absolute Gasteiger partial charge is 0.744 e. The molecule has 0 bridgehead atoms. The number of nitrogens with zero attached hydrogens (tertiary/aromatic N) is 3. The Kier molecular flexibility index (Phi) is 5.68. The molecule has 2 aromatic carbocycles. The van der Waals surface area contributed by atoms with E-state index >= 15 is 0 Å². The summed E-state index contributed by atoms with van der Waals surface area (Å²) in [6.45, 7) is 1.82. The van der Waals surface area contributed by atoms with E-state index in [1.165, 1.54) is 30.3 Å². The minimum atomic E-state index is -4.27. The number of nitro groups is 1. The second-order valence-corrected chi connectivity index (χ2v) is 5.49. The van der Waals surface area contributed by atoms with Gasteiger partial charge in [-0.1, -0.05) is 29.8 Å². The molecule has 0 atom stereocenters. The van der Waals surface area contributed by atoms with E-state index in [1.54, 1.807) is 18.2 Å². The number of para-hydroxylation sites is 1. The van der Waals surface area contributed by atoms with Gasteiger partial charge in [-0.25, -0.2) is 8.42 Å². The van der Waals surface area contributed by atoms with Crippen LogP contribution >= 0.6 is 0 Å². The quantitative estimate of drug-likeness (QED) is 0.362. The molecule has 0 aliphatic heterocycles. The predicted molar refractivity (Wildman–Crippen MR) is 77.0 cm³/mol. The summed E-state index contributed by atoms with van der Waals surface area (Å²) >= 11 is 0. The molecule has 0 radical (unpaired) electrons. The third-order valence-corrected chi connectivity index (χ3v) is 3.35. The van der Waals surface area contributed by atoms with Crippen LogP contribution in [0, 0.1) is 22.4 Å². The molecule has 0 aliphatic carbocycles. The first-order valence-electron chi connectivity index (χ1n) is 5.87. The van der Waals surface area contributed by atoms with Crippen molar-refractivity contribution in [3.8, 4) is 0 Å². The van der Waals surface area contributed by atoms with Gasteiger partial charge in [0.1, 0.15) is 10.1 Å². The van der Waals surface area contributed by atoms with Crippen molar-refractivity contribution in [3.05, 3.63) is 69.2 Å². The van der Waals surface area contributed by atoms with Crippen LogP contribution in [0.25, 0.3) is 4.98 Å². The third kappa shape index (κ3) is 4.93. The Hall–Kier alpha value is -2.83. The minimum absolute atomic E-state index is 0.0301. The number of hydrogen-bond donors (Lipinski definition) is 0. The lowest BCUT2D eigenvalue weighted by molar-refractivity contribution is -0.383. The molecule has 114 valence electrons. The summed E-state index contributed by atoms with van der Waals surface area (Å²) in [5, 5.41) is 18.5. The highest BCUT2D eigenvalue weighted by atomic mass is 32.2. The molecule has 22 heavy (non-hydrogen) atoms. The number of benzene rings is 2. The van der Waals surface area contributed by atoms with Crippen LogP contribution in [0.4, 0.5) is 11.4 Å². The van der Waals surface area contributed by atoms with Gasteiger partial charge in [-0.2, -0.15) is 0 Å². The minimum Gasteiger partial charge on any atom is -0.744 e. The van der Waals surface area contributed by atoms with Gasteiger partial charge in [0.15, 0.2) is 4.98 Å². The van der Waals surface area contributed by atoms with Crippen molar-refractivity contribution < 1.29 is 17.9 Å². The van der Waals surface area contributed by atoms with Gasteiger partial charge in [-0.3, -0.25) is 10.1 Å². The van der Waals surface area contributed by atoms with Crippen LogP contribution in [0.3, 0.4) is 0 Å². The molecular formula is C13H11N3O5S. The summed E-state index contributed by atoms with van der Waals surface area (Å²) in [6.07, 6.45) is 0. The maximum Gasteiger partial charge on any atom is 0.461 e. The molecule has 0 spiro atoms. The van der Waals surface area contributed by atoms with Crippen molar-refractivity contribution in [1.82, 2.24) is 0 Å². The van der Waals surface area contributed by atoms with Gasteiger partial charge >= 0.3 is 11.4 Å². The molecule has 0 aromatic heterocycles. The standard InChI is InChI=1S/C7H8O3S.C6H4N3O2/c1-6-2-4-7(5-3-6)11(8,9)10;7-8-5-3-1-2-4-6(5)9(10)11/h2-5H,1H3,(H,8,9,10);1-4H/q;+1/p-1. The Morgan fingerprint density at radius 2 is 1.64 bits per heavy atom. The van der Waals surface area contributed by atoms with Crippen LogP contribution in [0.1, 0.15) is 5.56 Å². The molecular weight excluding hydrogens is 310 g/mol. The molecule has 2 rings (SSSR count). The molecule has 2 aromatic rings. The summed E-state index contributed by atoms with van der Waals surface area (Å²) in [5.74, 6) is 0. The molecule has 0 saturated heterocycles. The van der Waals surface area contributed by atoms with E-state index in [0.29, 0.717) is 0 Å². The predicted octanol–water partition coefficient (Wildman–Crippen LogP) is 2.98. The second-order valence-electron chi connectivity index (χ2n) is 4.11. The highest BCUT2D eigenvalue weighted by Gasteiger charge is 2.22. The van der Waals surface area contributed by atoms with E-state index < -0.39 is 15.0 Å². The van der Waals surface area contributed by atoms with Crippen LogP contribution in [0.2, 0.25) is 0 Å². The first kappa shape index (κ1) is 17.2. The second kappa shape index (κ2) is 7.26. The molecule has 0 N–H and O–H groups in total. The average Bonchev–Trinajstić information content (AvgIpc) is 2.47. The van der Waals surface area contributed by atoms with E-state index in [4.69, 9.17) is 5.39 Å². The Morgan fingerprint density at radius 3 is 2.05 bits per heavy atom. The van der Waals surface area contributed by atoms with Crippen molar-refractivity contribution in [2.45, 2.75) is 11.8 Å². The monoisotopic (exact) mass is 321 g/mol. The smallest absolute Gasteiger partial charge is 0.461 e. The first-order chi connectivity index (χ1) is 10.3. The van der Waals surface area contributed by atoms with Gasteiger partial charge in [0.05, 0.1) is 9.82 Å². The Morgan fingerprint density at radius 1 is 1.09 bits per heavy atom. The SMILES string of the molecule is Cc1ccc(S(=O)(=O)[O-])cc1.N#[N+]c1ccccc1[N+](=O)[O-]. The van der Waals surface area contributed by atoms with E-state index in [2.05, 4.69) is 4.98 Å². The van der Waals surface area contributed by atoms with Gasteiger partial charge in [0, 0.05) is 12.1 Å². The molecule has 8 nitrogen and oxygen atoms in total. The van der Waals surface area contributed by atoms with Crippen LogP contribution in [0.15, 0.2) is 53.4 Å². The summed E-state index contributed by atoms with van der Waals surface area (Å²) < 4.78 is 31.2. The van der Waals surface area contributed by atoms with Crippen molar-refractivity contribution in [3.63, 3.8) is 0 Å². The van der Waals surface area contributed by atoms with Crippen molar-refractivity contribution in [2.75, 3.05) is 0 Å². The zero-order valence-corrected chi connectivity index (χ0v) is 12.2. The fourth-order valence-corrected chi connectivity index (χ4v) is 1.88. The molecule has 0 aliphatic rings. The van der Waals surface area contributed by atoms with Crippen LogP contribution in [-0.2, 0) is 10.1 Å². The lowest BCUT2D eigenvalue weighted by atomic mass is 10.2. The maximum absolute atomic E-state index is 10.4. The van der Waals surface area contributed by atoms with Gasteiger partial charge in [-0.05, 0) is 19.1 Å². The number of hydrogen-bond acceptors (Lipinski definition) is 6. The van der Waals surface area contributed by atoms with Gasteiger partial charge in [0.25, 0.3) is 0 Å². The number of nitro benzene ring substituents is 1. The fourth-order valence-electron chi connectivity index (χ4n) is 1.41.